The summed E-state index contributed by atoms with van der Waals surface area (Å²) in [6.45, 7) is 0.977. The highest BCUT2D eigenvalue weighted by Gasteiger charge is 2.23. The molecule has 3 rings (SSSR count). The number of carbonyl (C=O) groups is 1. The summed E-state index contributed by atoms with van der Waals surface area (Å²) in [6.07, 6.45) is 0. The molecule has 7 heteroatoms. The third kappa shape index (κ3) is 5.24. The van der Waals surface area contributed by atoms with Crippen molar-refractivity contribution in [3.05, 3.63) is 77.9 Å². The van der Waals surface area contributed by atoms with Crippen molar-refractivity contribution in [1.82, 2.24) is 9.62 Å². The van der Waals surface area contributed by atoms with Crippen molar-refractivity contribution in [2.24, 2.45) is 0 Å². The van der Waals surface area contributed by atoms with Crippen LogP contribution in [0.3, 0.4) is 0 Å². The normalized spacial score (nSPS) is 11.9. The maximum Gasteiger partial charge on any atom is 0.243 e. The molecule has 0 radical (unpaired) electrons. The number of benzene rings is 3. The number of likely N-dealkylation sites (N-methyl/N-ethyl adjacent to an activating group) is 1. The molecule has 0 unspecified atom stereocenters. The van der Waals surface area contributed by atoms with Gasteiger partial charge in [-0.1, -0.05) is 54.6 Å². The van der Waals surface area contributed by atoms with E-state index < -0.39 is 10.0 Å². The van der Waals surface area contributed by atoms with E-state index in [4.69, 9.17) is 0 Å². The lowest BCUT2D eigenvalue weighted by Gasteiger charge is -2.18. The zero-order chi connectivity index (χ0) is 21.7. The molecule has 3 aromatic carbocycles. The minimum Gasteiger partial charge on any atom is -0.351 e. The molecule has 0 aliphatic rings. The molecule has 158 valence electrons. The summed E-state index contributed by atoms with van der Waals surface area (Å²) < 4.78 is 26.9. The zero-order valence-electron chi connectivity index (χ0n) is 17.6. The summed E-state index contributed by atoms with van der Waals surface area (Å²) >= 11 is 0. The first-order valence-corrected chi connectivity index (χ1v) is 11.3. The maximum atomic E-state index is 12.9. The molecule has 0 aromatic heterocycles. The van der Waals surface area contributed by atoms with Gasteiger partial charge in [-0.2, -0.15) is 4.31 Å². The minimum absolute atomic E-state index is 0.177. The van der Waals surface area contributed by atoms with Crippen LogP contribution in [0.15, 0.2) is 71.6 Å². The van der Waals surface area contributed by atoms with Crippen molar-refractivity contribution >= 4 is 26.7 Å². The topological polar surface area (TPSA) is 70.9 Å². The quantitative estimate of drug-likeness (QED) is 0.572. The lowest BCUT2D eigenvalue weighted by molar-refractivity contribution is -0.872. The fourth-order valence-electron chi connectivity index (χ4n) is 3.33. The van der Waals surface area contributed by atoms with E-state index in [2.05, 4.69) is 19.4 Å². The van der Waals surface area contributed by atoms with Gasteiger partial charge in [0, 0.05) is 19.2 Å². The van der Waals surface area contributed by atoms with Gasteiger partial charge in [-0.3, -0.25) is 4.79 Å². The first-order chi connectivity index (χ1) is 14.3. The van der Waals surface area contributed by atoms with Crippen LogP contribution in [-0.4, -0.2) is 46.3 Å². The fraction of sp³-hybridized carbons (Fsp3) is 0.261. The molecule has 1 amide bonds. The molecule has 0 saturated carbocycles. The second-order valence-corrected chi connectivity index (χ2v) is 9.74. The van der Waals surface area contributed by atoms with E-state index in [9.17, 15) is 13.2 Å². The van der Waals surface area contributed by atoms with Gasteiger partial charge in [0.25, 0.3) is 0 Å². The Bertz CT molecular complexity index is 1140. The first kappa shape index (κ1) is 22.0. The van der Waals surface area contributed by atoms with Crippen molar-refractivity contribution < 1.29 is 18.1 Å². The number of hydrogen-bond acceptors (Lipinski definition) is 3. The molecule has 0 heterocycles. The Morgan fingerprint density at radius 1 is 0.933 bits per heavy atom. The smallest absolute Gasteiger partial charge is 0.243 e. The van der Waals surface area contributed by atoms with Crippen molar-refractivity contribution in [3.8, 4) is 0 Å². The van der Waals surface area contributed by atoms with E-state index in [1.807, 2.05) is 48.5 Å². The Morgan fingerprint density at radius 3 is 2.27 bits per heavy atom. The molecule has 0 saturated heterocycles. The van der Waals surface area contributed by atoms with Crippen LogP contribution in [0.2, 0.25) is 0 Å². The first-order valence-electron chi connectivity index (χ1n) is 9.85. The number of nitrogens with zero attached hydrogens (tertiary/aromatic N) is 1. The number of nitrogens with one attached hydrogen (secondary N) is 2. The van der Waals surface area contributed by atoms with Crippen LogP contribution in [0.4, 0.5) is 0 Å². The highest BCUT2D eigenvalue weighted by atomic mass is 32.2. The summed E-state index contributed by atoms with van der Waals surface area (Å²) in [7, 11) is 1.80. The number of fused-ring (bicyclic) bond motifs is 1. The van der Waals surface area contributed by atoms with E-state index in [-0.39, 0.29) is 17.3 Å². The lowest BCUT2D eigenvalue weighted by Crippen LogP contribution is -3.04. The molecule has 30 heavy (non-hydrogen) atoms. The summed E-state index contributed by atoms with van der Waals surface area (Å²) in [5, 5.41) is 4.65. The summed E-state index contributed by atoms with van der Waals surface area (Å²) in [5.74, 6) is -0.339. The summed E-state index contributed by atoms with van der Waals surface area (Å²) in [5.41, 5.74) is 2.20. The molecule has 2 N–H and O–H groups in total. The van der Waals surface area contributed by atoms with Crippen molar-refractivity contribution in [2.75, 3.05) is 27.7 Å². The maximum absolute atomic E-state index is 12.9. The average Bonchev–Trinajstić information content (AvgIpc) is 2.72. The van der Waals surface area contributed by atoms with Gasteiger partial charge in [0.1, 0.15) is 6.54 Å². The molecule has 0 bridgehead atoms. The fourth-order valence-corrected chi connectivity index (χ4v) is 4.49. The van der Waals surface area contributed by atoms with Gasteiger partial charge >= 0.3 is 0 Å². The van der Waals surface area contributed by atoms with E-state index in [0.717, 1.165) is 32.7 Å². The predicted molar refractivity (Wildman–Crippen MR) is 119 cm³/mol. The largest absolute Gasteiger partial charge is 0.351 e. The monoisotopic (exact) mass is 426 g/mol. The third-order valence-electron chi connectivity index (χ3n) is 4.93. The van der Waals surface area contributed by atoms with Crippen LogP contribution in [0.1, 0.15) is 11.1 Å². The summed E-state index contributed by atoms with van der Waals surface area (Å²) in [4.78, 5) is 13.9. The van der Waals surface area contributed by atoms with E-state index in [1.54, 1.807) is 18.2 Å². The van der Waals surface area contributed by atoms with Crippen LogP contribution in [0.25, 0.3) is 10.8 Å². The van der Waals surface area contributed by atoms with Gasteiger partial charge in [0.15, 0.2) is 0 Å². The van der Waals surface area contributed by atoms with E-state index >= 15 is 0 Å². The molecule has 0 aliphatic heterocycles. The van der Waals surface area contributed by atoms with Gasteiger partial charge < -0.3 is 10.2 Å². The number of rotatable bonds is 8. The summed E-state index contributed by atoms with van der Waals surface area (Å²) in [6, 6.07) is 20.5. The molecule has 0 fully saturated rings. The van der Waals surface area contributed by atoms with Crippen molar-refractivity contribution in [2.45, 2.75) is 18.0 Å². The Morgan fingerprint density at radius 2 is 1.57 bits per heavy atom. The number of quaternary nitrogens is 1. The Balaban J connectivity index is 1.66. The Kier molecular flexibility index (Phi) is 6.87. The van der Waals surface area contributed by atoms with Crippen LogP contribution in [0.5, 0.6) is 0 Å². The zero-order valence-corrected chi connectivity index (χ0v) is 18.4. The molecule has 0 spiro atoms. The van der Waals surface area contributed by atoms with Gasteiger partial charge in [0.2, 0.25) is 15.9 Å². The van der Waals surface area contributed by atoms with Crippen molar-refractivity contribution in [3.63, 3.8) is 0 Å². The molecule has 6 nitrogen and oxygen atoms in total. The van der Waals surface area contributed by atoms with E-state index in [1.165, 1.54) is 11.9 Å². The number of carbonyl (C=O) groups excluding carboxylic acids is 1. The number of sulfonamides is 1. The highest BCUT2D eigenvalue weighted by Crippen LogP contribution is 2.21. The molecule has 3 aromatic rings. The van der Waals surface area contributed by atoms with Gasteiger partial charge in [0.05, 0.1) is 25.5 Å². The van der Waals surface area contributed by atoms with Crippen LogP contribution >= 0.6 is 0 Å². The SMILES string of the molecule is CN(CC(=O)NCc1ccccc1C[NH+](C)C)S(=O)(=O)c1ccc2ccccc2c1. The number of amides is 1. The lowest BCUT2D eigenvalue weighted by atomic mass is 10.1. The van der Waals surface area contributed by atoms with Gasteiger partial charge in [-0.15, -0.1) is 0 Å². The number of hydrogen-bond donors (Lipinski definition) is 2. The van der Waals surface area contributed by atoms with Crippen LogP contribution < -0.4 is 10.2 Å². The average molecular weight is 427 g/mol. The molecular formula is C23H28N3O3S+. The predicted octanol–water partition coefficient (Wildman–Crippen LogP) is 1.42. The molecular weight excluding hydrogens is 398 g/mol. The standard InChI is InChI=1S/C23H27N3O3S/c1-25(2)16-21-11-7-6-10-20(21)15-24-23(27)17-26(3)30(28,29)22-13-12-18-8-4-5-9-19(18)14-22/h4-14H,15-17H2,1-3H3,(H,24,27)/p+1. The molecule has 0 aliphatic carbocycles. The third-order valence-corrected chi connectivity index (χ3v) is 6.73. The van der Waals surface area contributed by atoms with Gasteiger partial charge in [-0.25, -0.2) is 8.42 Å². The van der Waals surface area contributed by atoms with Crippen LogP contribution in [-0.2, 0) is 27.9 Å². The molecule has 0 atom stereocenters. The second-order valence-electron chi connectivity index (χ2n) is 7.70. The Labute approximate surface area is 178 Å². The van der Waals surface area contributed by atoms with Crippen molar-refractivity contribution in [1.29, 1.82) is 0 Å². The second kappa shape index (κ2) is 9.38. The highest BCUT2D eigenvalue weighted by molar-refractivity contribution is 7.89. The van der Waals surface area contributed by atoms with Gasteiger partial charge in [-0.05, 0) is 28.5 Å². The van der Waals surface area contributed by atoms with Crippen LogP contribution in [0, 0.1) is 0 Å². The minimum atomic E-state index is -3.76. The Hall–Kier alpha value is -2.74. The van der Waals surface area contributed by atoms with E-state index in [0.29, 0.717) is 6.54 Å².